The minimum Gasteiger partial charge on any atom is -0.366 e. The molecule has 1 fully saturated rings. The van der Waals surface area contributed by atoms with E-state index in [1.165, 1.54) is 5.56 Å². The Balaban J connectivity index is 1.86. The van der Waals surface area contributed by atoms with Gasteiger partial charge in [0.1, 0.15) is 0 Å². The second-order valence-electron chi connectivity index (χ2n) is 5.74. The molecular formula is C14H18N2O2S2. The molecule has 2 atom stereocenters. The quantitative estimate of drug-likeness (QED) is 0.739. The molecule has 0 aromatic heterocycles. The number of rotatable bonds is 1. The summed E-state index contributed by atoms with van der Waals surface area (Å²) in [7, 11) is -3.08. The molecule has 0 radical (unpaired) electrons. The smallest absolute Gasteiger partial charge is 0.182 e. The third-order valence-corrected chi connectivity index (χ3v) is 7.42. The summed E-state index contributed by atoms with van der Waals surface area (Å²) < 4.78 is 27.0. The van der Waals surface area contributed by atoms with Crippen molar-refractivity contribution in [1.82, 2.24) is 4.31 Å². The molecule has 0 saturated carbocycles. The summed E-state index contributed by atoms with van der Waals surface area (Å²) in [6.07, 6.45) is 3.24. The van der Waals surface area contributed by atoms with Gasteiger partial charge in [0, 0.05) is 31.6 Å². The van der Waals surface area contributed by atoms with E-state index in [1.807, 2.05) is 6.07 Å². The molecule has 1 aromatic carbocycles. The van der Waals surface area contributed by atoms with Crippen molar-refractivity contribution in [2.75, 3.05) is 36.5 Å². The van der Waals surface area contributed by atoms with Gasteiger partial charge in [-0.2, -0.15) is 0 Å². The third kappa shape index (κ3) is 1.68. The fourth-order valence-electron chi connectivity index (χ4n) is 3.92. The highest BCUT2D eigenvalue weighted by atomic mass is 32.2. The van der Waals surface area contributed by atoms with Crippen LogP contribution < -0.4 is 4.90 Å². The number of para-hydroxylation sites is 1. The average molecular weight is 310 g/mol. The zero-order valence-electron chi connectivity index (χ0n) is 11.4. The molecule has 0 bridgehead atoms. The summed E-state index contributed by atoms with van der Waals surface area (Å²) in [5.41, 5.74) is 2.26. The lowest BCUT2D eigenvalue weighted by Crippen LogP contribution is -2.46. The largest absolute Gasteiger partial charge is 0.366 e. The molecule has 0 aliphatic carbocycles. The Kier molecular flexibility index (Phi) is 2.85. The summed E-state index contributed by atoms with van der Waals surface area (Å²) in [4.78, 5) is 2.93. The Morgan fingerprint density at radius 2 is 2.15 bits per heavy atom. The van der Waals surface area contributed by atoms with Gasteiger partial charge in [-0.3, -0.25) is 4.31 Å². The number of hydrogen-bond donors (Lipinski definition) is 0. The first-order valence-electron chi connectivity index (χ1n) is 7.03. The van der Waals surface area contributed by atoms with E-state index < -0.39 is 9.84 Å². The minimum atomic E-state index is -3.08. The number of piperidine rings is 1. The SMILES string of the molecule is CSN1CCC2C(C1)c1cccc3c1N2CCS3(=O)=O. The highest BCUT2D eigenvalue weighted by molar-refractivity contribution is 7.96. The molecule has 4 nitrogen and oxygen atoms in total. The molecule has 3 aliphatic heterocycles. The van der Waals surface area contributed by atoms with Crippen LogP contribution >= 0.6 is 11.9 Å². The topological polar surface area (TPSA) is 40.6 Å². The maximum atomic E-state index is 12.3. The molecule has 3 heterocycles. The second kappa shape index (κ2) is 4.39. The van der Waals surface area contributed by atoms with Crippen LogP contribution in [0.3, 0.4) is 0 Å². The predicted octanol–water partition coefficient (Wildman–Crippen LogP) is 1.73. The highest BCUT2D eigenvalue weighted by Gasteiger charge is 2.46. The van der Waals surface area contributed by atoms with Gasteiger partial charge in [-0.05, 0) is 24.3 Å². The van der Waals surface area contributed by atoms with Crippen molar-refractivity contribution in [3.8, 4) is 0 Å². The Bertz CT molecular complexity index is 659. The van der Waals surface area contributed by atoms with E-state index in [-0.39, 0.29) is 5.75 Å². The molecule has 3 aliphatic rings. The van der Waals surface area contributed by atoms with Gasteiger partial charge in [0.25, 0.3) is 0 Å². The standard InChI is InChI=1S/C14H18N2O2S2/c1-19-15-6-5-12-11(9-15)10-3-2-4-13-14(10)16(12)7-8-20(13,17)18/h2-4,11-12H,5-9H2,1H3. The van der Waals surface area contributed by atoms with Gasteiger partial charge in [-0.25, -0.2) is 8.42 Å². The Hall–Kier alpha value is -0.720. The van der Waals surface area contributed by atoms with Crippen LogP contribution in [-0.4, -0.2) is 50.4 Å². The van der Waals surface area contributed by atoms with Crippen LogP contribution in [0.1, 0.15) is 17.9 Å². The van der Waals surface area contributed by atoms with Crippen molar-refractivity contribution >= 4 is 27.5 Å². The van der Waals surface area contributed by atoms with E-state index in [9.17, 15) is 8.42 Å². The molecule has 0 spiro atoms. The van der Waals surface area contributed by atoms with Crippen molar-refractivity contribution in [2.45, 2.75) is 23.3 Å². The van der Waals surface area contributed by atoms with Crippen molar-refractivity contribution in [1.29, 1.82) is 0 Å². The maximum absolute atomic E-state index is 12.3. The van der Waals surface area contributed by atoms with Crippen molar-refractivity contribution < 1.29 is 8.42 Å². The van der Waals surface area contributed by atoms with Crippen LogP contribution in [0.2, 0.25) is 0 Å². The van der Waals surface area contributed by atoms with E-state index in [4.69, 9.17) is 0 Å². The second-order valence-corrected chi connectivity index (χ2v) is 8.70. The van der Waals surface area contributed by atoms with E-state index >= 15 is 0 Å². The van der Waals surface area contributed by atoms with E-state index in [0.29, 0.717) is 23.4 Å². The first kappa shape index (κ1) is 13.0. The van der Waals surface area contributed by atoms with Gasteiger partial charge in [-0.15, -0.1) is 0 Å². The first-order chi connectivity index (χ1) is 9.62. The minimum absolute atomic E-state index is 0.263. The van der Waals surface area contributed by atoms with Gasteiger partial charge in [0.05, 0.1) is 16.3 Å². The van der Waals surface area contributed by atoms with Gasteiger partial charge in [0.15, 0.2) is 9.84 Å². The number of nitrogens with zero attached hydrogens (tertiary/aromatic N) is 2. The lowest BCUT2D eigenvalue weighted by molar-refractivity contribution is 0.311. The maximum Gasteiger partial charge on any atom is 0.182 e. The number of fused-ring (bicyclic) bond motifs is 3. The van der Waals surface area contributed by atoms with Crippen LogP contribution in [0.5, 0.6) is 0 Å². The van der Waals surface area contributed by atoms with E-state index in [0.717, 1.165) is 25.2 Å². The summed E-state index contributed by atoms with van der Waals surface area (Å²) in [6, 6.07) is 6.31. The van der Waals surface area contributed by atoms with Crippen molar-refractivity contribution in [3.63, 3.8) is 0 Å². The number of benzene rings is 1. The number of sulfone groups is 1. The molecule has 108 valence electrons. The first-order valence-corrected chi connectivity index (χ1v) is 9.86. The zero-order valence-corrected chi connectivity index (χ0v) is 13.1. The predicted molar refractivity (Wildman–Crippen MR) is 82.1 cm³/mol. The lowest BCUT2D eigenvalue weighted by atomic mass is 9.90. The van der Waals surface area contributed by atoms with Gasteiger partial charge in [-0.1, -0.05) is 24.1 Å². The van der Waals surface area contributed by atoms with Crippen LogP contribution in [0.15, 0.2) is 23.1 Å². The van der Waals surface area contributed by atoms with Crippen LogP contribution in [-0.2, 0) is 9.84 Å². The monoisotopic (exact) mass is 310 g/mol. The van der Waals surface area contributed by atoms with Gasteiger partial charge in [0.2, 0.25) is 0 Å². The summed E-state index contributed by atoms with van der Waals surface area (Å²) >= 11 is 1.79. The van der Waals surface area contributed by atoms with E-state index in [2.05, 4.69) is 21.5 Å². The number of anilines is 1. The van der Waals surface area contributed by atoms with Crippen LogP contribution in [0.25, 0.3) is 0 Å². The summed E-state index contributed by atoms with van der Waals surface area (Å²) in [5, 5.41) is 0. The third-order valence-electron chi connectivity index (χ3n) is 4.85. The van der Waals surface area contributed by atoms with Crippen molar-refractivity contribution in [2.24, 2.45) is 0 Å². The van der Waals surface area contributed by atoms with E-state index in [1.54, 1.807) is 18.0 Å². The molecule has 1 aromatic rings. The fraction of sp³-hybridized carbons (Fsp3) is 0.571. The molecule has 20 heavy (non-hydrogen) atoms. The summed E-state index contributed by atoms with van der Waals surface area (Å²) in [5.74, 6) is 0.721. The van der Waals surface area contributed by atoms with Crippen LogP contribution in [0.4, 0.5) is 5.69 Å². The molecule has 2 unspecified atom stereocenters. The highest BCUT2D eigenvalue weighted by Crippen LogP contribution is 2.49. The molecule has 1 saturated heterocycles. The molecular weight excluding hydrogens is 292 g/mol. The fourth-order valence-corrected chi connectivity index (χ4v) is 5.99. The lowest BCUT2D eigenvalue weighted by Gasteiger charge is -2.39. The zero-order chi connectivity index (χ0) is 13.9. The van der Waals surface area contributed by atoms with Crippen LogP contribution in [0, 0.1) is 0 Å². The number of hydrogen-bond acceptors (Lipinski definition) is 5. The molecule has 4 rings (SSSR count). The van der Waals surface area contributed by atoms with Crippen molar-refractivity contribution in [3.05, 3.63) is 23.8 Å². The Morgan fingerprint density at radius 1 is 1.30 bits per heavy atom. The molecule has 6 heteroatoms. The Morgan fingerprint density at radius 3 is 2.95 bits per heavy atom. The Labute approximate surface area is 124 Å². The molecule has 0 N–H and O–H groups in total. The van der Waals surface area contributed by atoms with Gasteiger partial charge < -0.3 is 4.90 Å². The molecule has 0 amide bonds. The normalized spacial score (nSPS) is 30.9. The summed E-state index contributed by atoms with van der Waals surface area (Å²) in [6.45, 7) is 2.78. The van der Waals surface area contributed by atoms with Gasteiger partial charge >= 0.3 is 0 Å². The average Bonchev–Trinajstić information content (AvgIpc) is 2.78.